The fourth-order valence-corrected chi connectivity index (χ4v) is 3.84. The Kier molecular flexibility index (Phi) is 2.28. The molecule has 0 radical (unpaired) electrons. The fourth-order valence-electron chi connectivity index (χ4n) is 3.48. The van der Waals surface area contributed by atoms with Gasteiger partial charge in [0.25, 0.3) is 0 Å². The van der Waals surface area contributed by atoms with Crippen LogP contribution in [0.25, 0.3) is 0 Å². The van der Waals surface area contributed by atoms with Gasteiger partial charge in [-0.05, 0) is 42.0 Å². The lowest BCUT2D eigenvalue weighted by molar-refractivity contribution is 0.0914. The van der Waals surface area contributed by atoms with E-state index in [2.05, 4.69) is 46.3 Å². The van der Waals surface area contributed by atoms with E-state index in [-0.39, 0.29) is 5.41 Å². The third kappa shape index (κ3) is 1.56. The zero-order valence-corrected chi connectivity index (χ0v) is 12.0. The molecule has 1 spiro atoms. The first-order chi connectivity index (χ1) is 9.21. The quantitative estimate of drug-likeness (QED) is 0.764. The van der Waals surface area contributed by atoms with Crippen LogP contribution < -0.4 is 0 Å². The van der Waals surface area contributed by atoms with Gasteiger partial charge in [-0.2, -0.15) is 0 Å². The molecule has 0 N–H and O–H groups in total. The lowest BCUT2D eigenvalue weighted by Crippen LogP contribution is -2.12. The molecule has 2 heteroatoms. The van der Waals surface area contributed by atoms with E-state index in [1.54, 1.807) is 0 Å². The molecular formula is C17H13BrO. The number of hydrogen-bond donors (Lipinski definition) is 0. The predicted octanol–water partition coefficient (Wildman–Crippen LogP) is 4.36. The summed E-state index contributed by atoms with van der Waals surface area (Å²) in [6, 6.07) is 16.5. The Hall–Kier alpha value is -1.41. The molecule has 0 aliphatic heterocycles. The Bertz CT molecular complexity index is 677. The molecule has 2 aromatic rings. The molecule has 1 fully saturated rings. The minimum absolute atomic E-state index is 0.134. The molecular weight excluding hydrogens is 300 g/mol. The monoisotopic (exact) mass is 312 g/mol. The Morgan fingerprint density at radius 3 is 2.68 bits per heavy atom. The van der Waals surface area contributed by atoms with Crippen LogP contribution in [0.15, 0.2) is 53.0 Å². The van der Waals surface area contributed by atoms with Crippen molar-refractivity contribution in [2.45, 2.75) is 18.8 Å². The Morgan fingerprint density at radius 2 is 1.89 bits per heavy atom. The summed E-state index contributed by atoms with van der Waals surface area (Å²) in [5.74, 6) is 0.755. The maximum atomic E-state index is 12.7. The summed E-state index contributed by atoms with van der Waals surface area (Å²) in [5, 5.41) is 0. The summed E-state index contributed by atoms with van der Waals surface area (Å²) < 4.78 is 0.994. The van der Waals surface area contributed by atoms with Crippen molar-refractivity contribution >= 4 is 21.7 Å². The molecule has 2 aliphatic rings. The van der Waals surface area contributed by atoms with Gasteiger partial charge in [0.15, 0.2) is 5.78 Å². The van der Waals surface area contributed by atoms with Crippen molar-refractivity contribution in [3.05, 3.63) is 69.7 Å². The van der Waals surface area contributed by atoms with E-state index in [1.165, 1.54) is 11.1 Å². The Morgan fingerprint density at radius 1 is 1.11 bits per heavy atom. The van der Waals surface area contributed by atoms with E-state index < -0.39 is 0 Å². The molecule has 0 amide bonds. The molecule has 1 nitrogen and oxygen atoms in total. The molecule has 2 atom stereocenters. The number of carbonyl (C=O) groups is 1. The highest BCUT2D eigenvalue weighted by molar-refractivity contribution is 9.10. The number of Topliss-reactive ketones (excluding diaryl/α,β-unsaturated/α-hetero) is 1. The van der Waals surface area contributed by atoms with Crippen molar-refractivity contribution < 1.29 is 4.79 Å². The van der Waals surface area contributed by atoms with Gasteiger partial charge in [0.2, 0.25) is 0 Å². The third-order valence-electron chi connectivity index (χ3n) is 4.55. The van der Waals surface area contributed by atoms with Crippen molar-refractivity contribution in [2.75, 3.05) is 0 Å². The molecule has 1 saturated carbocycles. The standard InChI is InChI=1S/C17H13BrO/c18-13-7-6-12-9-17(16(19)14(12)8-13)10-15(17)11-4-2-1-3-5-11/h1-8,15H,9-10H2/t15-,17?/m1/s1. The van der Waals surface area contributed by atoms with Crippen LogP contribution in [-0.4, -0.2) is 5.78 Å². The Labute approximate surface area is 120 Å². The first-order valence-corrected chi connectivity index (χ1v) is 7.38. The van der Waals surface area contributed by atoms with Gasteiger partial charge in [-0.1, -0.05) is 52.3 Å². The van der Waals surface area contributed by atoms with Gasteiger partial charge < -0.3 is 0 Å². The minimum Gasteiger partial charge on any atom is -0.294 e. The van der Waals surface area contributed by atoms with Gasteiger partial charge in [0.1, 0.15) is 0 Å². The molecule has 2 aliphatic carbocycles. The maximum absolute atomic E-state index is 12.7. The fraction of sp³-hybridized carbons (Fsp3) is 0.235. The minimum atomic E-state index is -0.134. The molecule has 0 aromatic heterocycles. The van der Waals surface area contributed by atoms with E-state index in [0.717, 1.165) is 22.9 Å². The van der Waals surface area contributed by atoms with Crippen LogP contribution in [-0.2, 0) is 6.42 Å². The largest absolute Gasteiger partial charge is 0.294 e. The molecule has 0 bridgehead atoms. The molecule has 1 unspecified atom stereocenters. The zero-order chi connectivity index (χ0) is 13.0. The topological polar surface area (TPSA) is 17.1 Å². The summed E-state index contributed by atoms with van der Waals surface area (Å²) in [4.78, 5) is 12.7. The van der Waals surface area contributed by atoms with Crippen LogP contribution >= 0.6 is 15.9 Å². The maximum Gasteiger partial charge on any atom is 0.170 e. The third-order valence-corrected chi connectivity index (χ3v) is 5.05. The van der Waals surface area contributed by atoms with Crippen molar-refractivity contribution in [2.24, 2.45) is 5.41 Å². The first kappa shape index (κ1) is 11.4. The van der Waals surface area contributed by atoms with Gasteiger partial charge in [-0.15, -0.1) is 0 Å². The van der Waals surface area contributed by atoms with Crippen molar-refractivity contribution in [3.8, 4) is 0 Å². The van der Waals surface area contributed by atoms with Crippen LogP contribution in [0.1, 0.15) is 33.8 Å². The van der Waals surface area contributed by atoms with Gasteiger partial charge >= 0.3 is 0 Å². The van der Waals surface area contributed by atoms with E-state index >= 15 is 0 Å². The van der Waals surface area contributed by atoms with Gasteiger partial charge in [0.05, 0.1) is 0 Å². The average Bonchev–Trinajstić information content (AvgIpc) is 3.10. The number of benzene rings is 2. The second-order valence-corrected chi connectivity index (χ2v) is 6.55. The van der Waals surface area contributed by atoms with Crippen LogP contribution in [0.5, 0.6) is 0 Å². The van der Waals surface area contributed by atoms with Crippen LogP contribution in [0, 0.1) is 5.41 Å². The summed E-state index contributed by atoms with van der Waals surface area (Å²) in [6.45, 7) is 0. The highest BCUT2D eigenvalue weighted by Crippen LogP contribution is 2.65. The molecule has 4 rings (SSSR count). The van der Waals surface area contributed by atoms with Crippen molar-refractivity contribution in [3.63, 3.8) is 0 Å². The van der Waals surface area contributed by atoms with Crippen LogP contribution in [0.2, 0.25) is 0 Å². The molecule has 2 aromatic carbocycles. The van der Waals surface area contributed by atoms with Crippen LogP contribution in [0.3, 0.4) is 0 Å². The number of fused-ring (bicyclic) bond motifs is 1. The lowest BCUT2D eigenvalue weighted by Gasteiger charge is -2.07. The van der Waals surface area contributed by atoms with Crippen molar-refractivity contribution in [1.82, 2.24) is 0 Å². The number of carbonyl (C=O) groups excluding carboxylic acids is 1. The molecule has 0 heterocycles. The van der Waals surface area contributed by atoms with Gasteiger partial charge in [-0.25, -0.2) is 0 Å². The molecule has 19 heavy (non-hydrogen) atoms. The summed E-state index contributed by atoms with van der Waals surface area (Å²) in [7, 11) is 0. The van der Waals surface area contributed by atoms with E-state index in [0.29, 0.717) is 11.7 Å². The summed E-state index contributed by atoms with van der Waals surface area (Å²) in [5.41, 5.74) is 3.31. The second kappa shape index (κ2) is 3.80. The lowest BCUT2D eigenvalue weighted by atomic mass is 9.95. The highest BCUT2D eigenvalue weighted by Gasteiger charge is 2.63. The summed E-state index contributed by atoms with van der Waals surface area (Å²) in [6.07, 6.45) is 1.91. The van der Waals surface area contributed by atoms with E-state index in [9.17, 15) is 4.79 Å². The smallest absolute Gasteiger partial charge is 0.170 e. The average molecular weight is 313 g/mol. The molecule has 0 saturated heterocycles. The van der Waals surface area contributed by atoms with Gasteiger partial charge in [-0.3, -0.25) is 4.79 Å². The van der Waals surface area contributed by atoms with Crippen LogP contribution in [0.4, 0.5) is 0 Å². The molecule has 94 valence electrons. The first-order valence-electron chi connectivity index (χ1n) is 6.59. The van der Waals surface area contributed by atoms with Crippen molar-refractivity contribution in [1.29, 1.82) is 0 Å². The normalized spacial score (nSPS) is 27.6. The second-order valence-electron chi connectivity index (χ2n) is 5.63. The number of hydrogen-bond acceptors (Lipinski definition) is 1. The number of halogens is 1. The highest BCUT2D eigenvalue weighted by atomic mass is 79.9. The van der Waals surface area contributed by atoms with E-state index in [1.807, 2.05) is 18.2 Å². The predicted molar refractivity (Wildman–Crippen MR) is 78.4 cm³/mol. The zero-order valence-electron chi connectivity index (χ0n) is 10.4. The SMILES string of the molecule is O=C1c2cc(Br)ccc2CC12C[C@@H]2c1ccccc1. The number of rotatable bonds is 1. The number of ketones is 1. The summed E-state index contributed by atoms with van der Waals surface area (Å²) >= 11 is 3.46. The van der Waals surface area contributed by atoms with Gasteiger partial charge in [0, 0.05) is 15.5 Å². The Balaban J connectivity index is 1.72. The van der Waals surface area contributed by atoms with E-state index in [4.69, 9.17) is 0 Å².